The van der Waals surface area contributed by atoms with Gasteiger partial charge in [0.25, 0.3) is 0 Å². The molecule has 266 valence electrons. The molecule has 1 saturated carbocycles. The summed E-state index contributed by atoms with van der Waals surface area (Å²) in [7, 11) is 0. The number of alkyl halides is 6. The predicted molar refractivity (Wildman–Crippen MR) is 172 cm³/mol. The Balaban J connectivity index is 1.56. The maximum Gasteiger partial charge on any atom is 0.417 e. The third-order valence-corrected chi connectivity index (χ3v) is 9.44. The van der Waals surface area contributed by atoms with E-state index in [2.05, 4.69) is 0 Å². The summed E-state index contributed by atoms with van der Waals surface area (Å²) in [5, 5.41) is 0.454. The van der Waals surface area contributed by atoms with Crippen LogP contribution in [0.15, 0.2) is 46.9 Å². The van der Waals surface area contributed by atoms with Crippen LogP contribution in [0.1, 0.15) is 91.2 Å². The number of carbonyl (C=O) groups excluding carboxylic acids is 1. The highest BCUT2D eigenvalue weighted by molar-refractivity contribution is 5.84. The van der Waals surface area contributed by atoms with Crippen molar-refractivity contribution in [2.75, 3.05) is 0 Å². The normalized spacial score (nSPS) is 20.6. The zero-order valence-electron chi connectivity index (χ0n) is 28.3. The third kappa shape index (κ3) is 8.48. The van der Waals surface area contributed by atoms with Gasteiger partial charge in [0.05, 0.1) is 11.0 Å². The Hall–Kier alpha value is -3.25. The third-order valence-electron chi connectivity index (χ3n) is 9.44. The molecule has 0 aliphatic heterocycles. The Bertz CT molecular complexity index is 1590. The van der Waals surface area contributed by atoms with Crippen molar-refractivity contribution >= 4 is 16.9 Å². The predicted octanol–water partition coefficient (Wildman–Crippen LogP) is 9.35. The fourth-order valence-corrected chi connectivity index (χ4v) is 6.47. The molecule has 4 rings (SSSR count). The van der Waals surface area contributed by atoms with Gasteiger partial charge in [-0.05, 0) is 96.6 Å². The quantitative estimate of drug-likeness (QED) is 0.112. The zero-order chi connectivity index (χ0) is 35.9. The molecule has 1 aliphatic rings. The smallest absolute Gasteiger partial charge is 0.417 e. The molecule has 1 heterocycles. The standard InChI is InChI=1S/C36H46F6N2O4/c1-7-8-9-10-21-11-14-24(25(17-21)35(37,38)39)29-18-22-12-13-23(19-28(22)47-29)46-26-15-16-27(30(26)36(40,41)42)48-31(45)33(4,5)34(6,44)20-32(2,3)43/h11-14,17-19,26-27,30H,7-10,15-16,20,43-44H2,1-6H3. The number of hydrogen-bond acceptors (Lipinski definition) is 6. The lowest BCUT2D eigenvalue weighted by atomic mass is 9.68. The summed E-state index contributed by atoms with van der Waals surface area (Å²) in [4.78, 5) is 13.3. The maximum atomic E-state index is 14.4. The molecule has 3 aromatic rings. The molecule has 0 bridgehead atoms. The van der Waals surface area contributed by atoms with Crippen molar-refractivity contribution in [3.05, 3.63) is 53.6 Å². The lowest BCUT2D eigenvalue weighted by molar-refractivity contribution is -0.219. The number of aryl methyl sites for hydroxylation is 1. The lowest BCUT2D eigenvalue weighted by Gasteiger charge is -2.43. The minimum Gasteiger partial charge on any atom is -0.489 e. The van der Waals surface area contributed by atoms with Crippen LogP contribution in [-0.2, 0) is 22.1 Å². The molecular weight excluding hydrogens is 638 g/mol. The Kier molecular flexibility index (Phi) is 10.6. The van der Waals surface area contributed by atoms with Gasteiger partial charge in [0, 0.05) is 28.1 Å². The van der Waals surface area contributed by atoms with Gasteiger partial charge in [-0.25, -0.2) is 0 Å². The number of rotatable bonds is 12. The van der Waals surface area contributed by atoms with Crippen molar-refractivity contribution in [2.45, 2.75) is 122 Å². The highest BCUT2D eigenvalue weighted by Gasteiger charge is 2.57. The van der Waals surface area contributed by atoms with Crippen LogP contribution in [-0.4, -0.2) is 35.4 Å². The van der Waals surface area contributed by atoms with Crippen LogP contribution in [0.3, 0.4) is 0 Å². The van der Waals surface area contributed by atoms with Gasteiger partial charge in [-0.2, -0.15) is 26.3 Å². The van der Waals surface area contributed by atoms with Gasteiger partial charge in [0.15, 0.2) is 0 Å². The van der Waals surface area contributed by atoms with Gasteiger partial charge < -0.3 is 25.4 Å². The van der Waals surface area contributed by atoms with Gasteiger partial charge in [0.1, 0.15) is 35.2 Å². The van der Waals surface area contributed by atoms with E-state index < -0.39 is 58.5 Å². The Morgan fingerprint density at radius 3 is 2.17 bits per heavy atom. The summed E-state index contributed by atoms with van der Waals surface area (Å²) in [6.07, 6.45) is -9.07. The number of ether oxygens (including phenoxy) is 2. The van der Waals surface area contributed by atoms with Crippen LogP contribution in [0.25, 0.3) is 22.3 Å². The first-order valence-electron chi connectivity index (χ1n) is 16.3. The van der Waals surface area contributed by atoms with Crippen LogP contribution < -0.4 is 16.2 Å². The number of fused-ring (bicyclic) bond motifs is 1. The van der Waals surface area contributed by atoms with Gasteiger partial charge >= 0.3 is 18.3 Å². The average Bonchev–Trinajstić information content (AvgIpc) is 3.55. The van der Waals surface area contributed by atoms with Crippen molar-refractivity contribution in [1.29, 1.82) is 0 Å². The van der Waals surface area contributed by atoms with Gasteiger partial charge in [0.2, 0.25) is 0 Å². The van der Waals surface area contributed by atoms with E-state index >= 15 is 0 Å². The Labute approximate surface area is 277 Å². The minimum atomic E-state index is -4.76. The van der Waals surface area contributed by atoms with E-state index in [0.717, 1.165) is 25.3 Å². The van der Waals surface area contributed by atoms with Crippen LogP contribution in [0.2, 0.25) is 0 Å². The SMILES string of the molecule is CCCCCc1ccc(-c2cc3ccc(OC4CCC(OC(=O)C(C)(C)C(C)(N)CC(C)(C)N)C4C(F)(F)F)cc3o2)c(C(F)(F)F)c1. The second kappa shape index (κ2) is 13.6. The summed E-state index contributed by atoms with van der Waals surface area (Å²) >= 11 is 0. The number of nitrogens with two attached hydrogens (primary N) is 2. The average molecular weight is 685 g/mol. The molecule has 48 heavy (non-hydrogen) atoms. The number of unbranched alkanes of at least 4 members (excludes halogenated alkanes) is 2. The van der Waals surface area contributed by atoms with Crippen molar-refractivity contribution in [1.82, 2.24) is 0 Å². The second-order valence-electron chi connectivity index (χ2n) is 14.6. The molecule has 1 aliphatic carbocycles. The summed E-state index contributed by atoms with van der Waals surface area (Å²) in [6, 6.07) is 9.95. The fourth-order valence-electron chi connectivity index (χ4n) is 6.47. The van der Waals surface area contributed by atoms with E-state index in [1.165, 1.54) is 44.2 Å². The van der Waals surface area contributed by atoms with Crippen LogP contribution in [0.5, 0.6) is 5.75 Å². The molecule has 0 spiro atoms. The summed E-state index contributed by atoms with van der Waals surface area (Å²) in [5.74, 6) is -2.98. The van der Waals surface area contributed by atoms with Crippen LogP contribution in [0.4, 0.5) is 26.3 Å². The van der Waals surface area contributed by atoms with E-state index in [-0.39, 0.29) is 41.9 Å². The van der Waals surface area contributed by atoms with Crippen molar-refractivity contribution in [2.24, 2.45) is 22.8 Å². The van der Waals surface area contributed by atoms with Crippen molar-refractivity contribution in [3.8, 4) is 17.1 Å². The van der Waals surface area contributed by atoms with E-state index in [9.17, 15) is 31.1 Å². The highest BCUT2D eigenvalue weighted by atomic mass is 19.4. The van der Waals surface area contributed by atoms with E-state index in [1.54, 1.807) is 26.8 Å². The number of carbonyl (C=O) groups is 1. The fraction of sp³-hybridized carbons (Fsp3) is 0.583. The molecule has 1 aromatic heterocycles. The first-order valence-corrected chi connectivity index (χ1v) is 16.3. The molecule has 4 unspecified atom stereocenters. The number of benzene rings is 2. The maximum absolute atomic E-state index is 14.4. The molecular formula is C36H46F6N2O4. The number of halogens is 6. The highest BCUT2D eigenvalue weighted by Crippen LogP contribution is 2.45. The van der Waals surface area contributed by atoms with Gasteiger partial charge in [-0.15, -0.1) is 0 Å². The molecule has 0 amide bonds. The van der Waals surface area contributed by atoms with Crippen LogP contribution >= 0.6 is 0 Å². The summed E-state index contributed by atoms with van der Waals surface area (Å²) < 4.78 is 103. The lowest BCUT2D eigenvalue weighted by Crippen LogP contribution is -2.59. The first-order chi connectivity index (χ1) is 22.0. The monoisotopic (exact) mass is 684 g/mol. The van der Waals surface area contributed by atoms with Crippen molar-refractivity contribution < 1.29 is 45.0 Å². The second-order valence-corrected chi connectivity index (χ2v) is 14.6. The zero-order valence-corrected chi connectivity index (χ0v) is 28.3. The Morgan fingerprint density at radius 2 is 1.56 bits per heavy atom. The molecule has 2 aromatic carbocycles. The molecule has 4 N–H and O–H groups in total. The van der Waals surface area contributed by atoms with Gasteiger partial charge in [-0.1, -0.05) is 31.9 Å². The topological polar surface area (TPSA) is 101 Å². The van der Waals surface area contributed by atoms with E-state index in [4.69, 9.17) is 25.4 Å². The number of esters is 1. The van der Waals surface area contributed by atoms with E-state index in [1.807, 2.05) is 6.92 Å². The molecule has 1 fully saturated rings. The first kappa shape index (κ1) is 37.6. The van der Waals surface area contributed by atoms with Crippen LogP contribution in [0, 0.1) is 11.3 Å². The molecule has 12 heteroatoms. The van der Waals surface area contributed by atoms with E-state index in [0.29, 0.717) is 17.4 Å². The van der Waals surface area contributed by atoms with Gasteiger partial charge in [-0.3, -0.25) is 4.79 Å². The largest absolute Gasteiger partial charge is 0.489 e. The number of furan rings is 1. The molecule has 0 radical (unpaired) electrons. The summed E-state index contributed by atoms with van der Waals surface area (Å²) in [6.45, 7) is 10.2. The minimum absolute atomic E-state index is 0.0249. The van der Waals surface area contributed by atoms with Crippen molar-refractivity contribution in [3.63, 3.8) is 0 Å². The molecule has 0 saturated heterocycles. The number of hydrogen-bond donors (Lipinski definition) is 2. The summed E-state index contributed by atoms with van der Waals surface area (Å²) in [5.41, 5.74) is 9.06. The molecule has 4 atom stereocenters. The Morgan fingerprint density at radius 1 is 0.896 bits per heavy atom. The molecule has 6 nitrogen and oxygen atoms in total.